The van der Waals surface area contributed by atoms with Gasteiger partial charge in [0.1, 0.15) is 15.4 Å². The van der Waals surface area contributed by atoms with Crippen molar-refractivity contribution in [3.8, 4) is 5.75 Å². The summed E-state index contributed by atoms with van der Waals surface area (Å²) < 4.78 is 27.7. The van der Waals surface area contributed by atoms with E-state index >= 15 is 0 Å². The minimum Gasteiger partial charge on any atom is -0.491 e. The highest BCUT2D eigenvalue weighted by atomic mass is 32.2. The Balaban J connectivity index is 2.52. The Labute approximate surface area is 106 Å². The lowest BCUT2D eigenvalue weighted by Gasteiger charge is -2.08. The molecule has 0 bridgehead atoms. The quantitative estimate of drug-likeness (QED) is 0.744. The molecule has 1 aromatic rings. The normalized spacial score (nSPS) is 11.2. The first-order valence-corrected chi connectivity index (χ1v) is 7.29. The van der Waals surface area contributed by atoms with Gasteiger partial charge in [0, 0.05) is 11.9 Å². The first kappa shape index (κ1) is 14.4. The van der Waals surface area contributed by atoms with E-state index in [9.17, 15) is 13.2 Å². The van der Waals surface area contributed by atoms with Crippen LogP contribution in [-0.2, 0) is 9.84 Å². The van der Waals surface area contributed by atoms with E-state index < -0.39 is 15.8 Å². The van der Waals surface area contributed by atoms with Crippen molar-refractivity contribution in [1.82, 2.24) is 4.98 Å². The fraction of sp³-hybridized carbons (Fsp3) is 0.455. The van der Waals surface area contributed by atoms with Gasteiger partial charge in [-0.2, -0.15) is 0 Å². The molecule has 0 fully saturated rings. The lowest BCUT2D eigenvalue weighted by Crippen LogP contribution is -2.12. The van der Waals surface area contributed by atoms with Crippen molar-refractivity contribution in [2.75, 3.05) is 18.1 Å². The van der Waals surface area contributed by atoms with Crippen LogP contribution in [0.25, 0.3) is 0 Å². The maximum Gasteiger partial charge on any atom is 0.339 e. The molecule has 0 saturated heterocycles. The van der Waals surface area contributed by atoms with Gasteiger partial charge in [-0.25, -0.2) is 13.2 Å². The molecule has 0 aliphatic rings. The third kappa shape index (κ3) is 4.33. The number of carbonyl (C=O) groups is 1. The van der Waals surface area contributed by atoms with Crippen molar-refractivity contribution in [2.24, 2.45) is 0 Å². The molecule has 0 aliphatic carbocycles. The van der Waals surface area contributed by atoms with Gasteiger partial charge >= 0.3 is 5.97 Å². The van der Waals surface area contributed by atoms with E-state index in [0.717, 1.165) is 0 Å². The Morgan fingerprint density at radius 3 is 2.83 bits per heavy atom. The van der Waals surface area contributed by atoms with Crippen molar-refractivity contribution >= 4 is 15.8 Å². The molecule has 0 spiro atoms. The number of aromatic nitrogens is 1. The number of pyridine rings is 1. The molecule has 18 heavy (non-hydrogen) atoms. The molecule has 0 aromatic carbocycles. The molecule has 0 radical (unpaired) electrons. The second-order valence-corrected chi connectivity index (χ2v) is 6.09. The molecule has 1 aromatic heterocycles. The van der Waals surface area contributed by atoms with Gasteiger partial charge in [0.05, 0.1) is 18.6 Å². The second kappa shape index (κ2) is 6.34. The Morgan fingerprint density at radius 2 is 2.22 bits per heavy atom. The predicted octanol–water partition coefficient (Wildman–Crippen LogP) is 0.983. The molecule has 0 amide bonds. The molecule has 6 nitrogen and oxygen atoms in total. The third-order valence-corrected chi connectivity index (χ3v) is 4.10. The number of hydrogen-bond donors (Lipinski definition) is 1. The lowest BCUT2D eigenvalue weighted by molar-refractivity contribution is 0.0692. The molecule has 100 valence electrons. The van der Waals surface area contributed by atoms with Crippen LogP contribution in [0.5, 0.6) is 5.75 Å². The average Bonchev–Trinajstić information content (AvgIpc) is 2.35. The summed E-state index contributed by atoms with van der Waals surface area (Å²) in [6.45, 7) is 1.73. The number of ether oxygens (including phenoxy) is 1. The smallest absolute Gasteiger partial charge is 0.339 e. The topological polar surface area (TPSA) is 93.6 Å². The summed E-state index contributed by atoms with van der Waals surface area (Å²) in [6, 6.07) is 1.33. The van der Waals surface area contributed by atoms with Gasteiger partial charge in [0.15, 0.2) is 5.75 Å². The van der Waals surface area contributed by atoms with Crippen LogP contribution in [0.4, 0.5) is 0 Å². The number of rotatable bonds is 7. The number of aromatic carboxylic acids is 1. The third-order valence-electron chi connectivity index (χ3n) is 2.31. The molecule has 0 aliphatic heterocycles. The fourth-order valence-corrected chi connectivity index (χ4v) is 2.12. The van der Waals surface area contributed by atoms with Crippen LogP contribution in [-0.4, -0.2) is 42.6 Å². The van der Waals surface area contributed by atoms with Crippen LogP contribution in [0.2, 0.25) is 0 Å². The van der Waals surface area contributed by atoms with Crippen molar-refractivity contribution in [3.05, 3.63) is 24.0 Å². The summed E-state index contributed by atoms with van der Waals surface area (Å²) in [5.41, 5.74) is 0.0170. The molecule has 0 unspecified atom stereocenters. The Bertz CT molecular complexity index is 512. The van der Waals surface area contributed by atoms with E-state index in [2.05, 4.69) is 4.98 Å². The fourth-order valence-electron chi connectivity index (χ4n) is 1.28. The number of sulfone groups is 1. The average molecular weight is 273 g/mol. The van der Waals surface area contributed by atoms with E-state index in [1.54, 1.807) is 6.92 Å². The number of carboxylic acids is 1. The Hall–Kier alpha value is -1.63. The van der Waals surface area contributed by atoms with Crippen LogP contribution in [0.3, 0.4) is 0 Å². The number of nitrogens with zero attached hydrogens (tertiary/aromatic N) is 1. The van der Waals surface area contributed by atoms with E-state index in [1.165, 1.54) is 18.5 Å². The van der Waals surface area contributed by atoms with Crippen molar-refractivity contribution < 1.29 is 23.1 Å². The zero-order chi connectivity index (χ0) is 13.6. The van der Waals surface area contributed by atoms with Crippen LogP contribution < -0.4 is 4.74 Å². The SMILES string of the molecule is CCS(=O)(=O)CCCOc1cnccc1C(=O)O. The van der Waals surface area contributed by atoms with Gasteiger partial charge in [0.2, 0.25) is 0 Å². The Kier molecular flexibility index (Phi) is 5.08. The van der Waals surface area contributed by atoms with Crippen molar-refractivity contribution in [2.45, 2.75) is 13.3 Å². The highest BCUT2D eigenvalue weighted by molar-refractivity contribution is 7.91. The number of carboxylic acid groups (broad SMARTS) is 1. The number of hydrogen-bond acceptors (Lipinski definition) is 5. The summed E-state index contributed by atoms with van der Waals surface area (Å²) in [5, 5.41) is 8.89. The summed E-state index contributed by atoms with van der Waals surface area (Å²) in [4.78, 5) is 14.6. The van der Waals surface area contributed by atoms with E-state index in [1.807, 2.05) is 0 Å². The Morgan fingerprint density at radius 1 is 1.50 bits per heavy atom. The summed E-state index contributed by atoms with van der Waals surface area (Å²) in [6.07, 6.45) is 2.99. The molecule has 0 atom stereocenters. The zero-order valence-electron chi connectivity index (χ0n) is 10.00. The van der Waals surface area contributed by atoms with Gasteiger partial charge in [-0.05, 0) is 12.5 Å². The first-order chi connectivity index (χ1) is 8.46. The largest absolute Gasteiger partial charge is 0.491 e. The molecule has 1 heterocycles. The molecule has 1 N–H and O–H groups in total. The van der Waals surface area contributed by atoms with Gasteiger partial charge in [-0.1, -0.05) is 6.92 Å². The standard InChI is InChI=1S/C11H15NO5S/c1-2-18(15,16)7-3-6-17-10-8-12-5-4-9(10)11(13)14/h4-5,8H,2-3,6-7H2,1H3,(H,13,14). The van der Waals surface area contributed by atoms with Crippen LogP contribution >= 0.6 is 0 Å². The summed E-state index contributed by atoms with van der Waals surface area (Å²) in [7, 11) is -3.01. The minimum absolute atomic E-state index is 0.0170. The molecular formula is C11H15NO5S. The highest BCUT2D eigenvalue weighted by Crippen LogP contribution is 2.16. The zero-order valence-corrected chi connectivity index (χ0v) is 10.8. The maximum absolute atomic E-state index is 11.2. The monoisotopic (exact) mass is 273 g/mol. The van der Waals surface area contributed by atoms with Gasteiger partial charge in [0.25, 0.3) is 0 Å². The van der Waals surface area contributed by atoms with Crippen LogP contribution in [0, 0.1) is 0 Å². The van der Waals surface area contributed by atoms with Gasteiger partial charge in [-0.3, -0.25) is 4.98 Å². The van der Waals surface area contributed by atoms with Gasteiger partial charge < -0.3 is 9.84 Å². The molecular weight excluding hydrogens is 258 g/mol. The molecule has 1 rings (SSSR count). The molecule has 7 heteroatoms. The lowest BCUT2D eigenvalue weighted by atomic mass is 10.2. The van der Waals surface area contributed by atoms with Crippen molar-refractivity contribution in [1.29, 1.82) is 0 Å². The summed E-state index contributed by atoms with van der Waals surface area (Å²) in [5.74, 6) is -0.820. The maximum atomic E-state index is 11.2. The second-order valence-electron chi connectivity index (χ2n) is 3.62. The minimum atomic E-state index is -3.01. The van der Waals surface area contributed by atoms with E-state index in [-0.39, 0.29) is 29.4 Å². The van der Waals surface area contributed by atoms with E-state index in [0.29, 0.717) is 6.42 Å². The van der Waals surface area contributed by atoms with Crippen LogP contribution in [0.1, 0.15) is 23.7 Å². The molecule has 0 saturated carbocycles. The van der Waals surface area contributed by atoms with Crippen LogP contribution in [0.15, 0.2) is 18.5 Å². The van der Waals surface area contributed by atoms with Crippen molar-refractivity contribution in [3.63, 3.8) is 0 Å². The van der Waals surface area contributed by atoms with E-state index in [4.69, 9.17) is 9.84 Å². The highest BCUT2D eigenvalue weighted by Gasteiger charge is 2.11. The predicted molar refractivity (Wildman–Crippen MR) is 65.6 cm³/mol. The first-order valence-electron chi connectivity index (χ1n) is 5.47. The van der Waals surface area contributed by atoms with Gasteiger partial charge in [-0.15, -0.1) is 0 Å². The summed E-state index contributed by atoms with van der Waals surface area (Å²) >= 11 is 0.